The third-order valence-electron chi connectivity index (χ3n) is 4.71. The molecule has 24 heavy (non-hydrogen) atoms. The van der Waals surface area contributed by atoms with Crippen LogP contribution in [0.1, 0.15) is 51.2 Å². The molecule has 1 unspecified atom stereocenters. The van der Waals surface area contributed by atoms with Crippen LogP contribution in [-0.4, -0.2) is 25.0 Å². The quantitative estimate of drug-likeness (QED) is 0.681. The molecular weight excluding hydrogens is 305 g/mol. The number of nitriles is 1. The summed E-state index contributed by atoms with van der Waals surface area (Å²) in [6.45, 7) is 9.32. The number of rotatable bonds is 3. The molecule has 0 aromatic heterocycles. The summed E-state index contributed by atoms with van der Waals surface area (Å²) in [5, 5.41) is 11.5. The molecule has 4 nitrogen and oxygen atoms in total. The minimum Gasteiger partial charge on any atom is -0.366 e. The second-order valence-corrected chi connectivity index (χ2v) is 6.84. The lowest BCUT2D eigenvalue weighted by Crippen LogP contribution is -2.48. The van der Waals surface area contributed by atoms with Gasteiger partial charge >= 0.3 is 0 Å². The third kappa shape index (κ3) is 3.14. The van der Waals surface area contributed by atoms with E-state index in [0.717, 1.165) is 24.2 Å². The largest absolute Gasteiger partial charge is 0.366 e. The Morgan fingerprint density at radius 3 is 2.75 bits per heavy atom. The van der Waals surface area contributed by atoms with Crippen molar-refractivity contribution in [2.75, 3.05) is 18.5 Å². The van der Waals surface area contributed by atoms with Crippen molar-refractivity contribution in [2.24, 2.45) is 0 Å². The summed E-state index contributed by atoms with van der Waals surface area (Å²) < 4.78 is 14.6. The topological polar surface area (TPSA) is 56.1 Å². The number of nitrogens with zero attached hydrogens (tertiary/aromatic N) is 2. The molecule has 0 saturated heterocycles. The van der Waals surface area contributed by atoms with E-state index in [2.05, 4.69) is 37.9 Å². The SMILES string of the molecule is CCN1c2cc(F)c(/C=C(\C#N)C(=O)NC)cc2C(C)CC1(C)C. The molecule has 1 amide bonds. The molecule has 1 heterocycles. The van der Waals surface area contributed by atoms with Gasteiger partial charge in [-0.25, -0.2) is 4.39 Å². The van der Waals surface area contributed by atoms with E-state index in [9.17, 15) is 9.18 Å². The summed E-state index contributed by atoms with van der Waals surface area (Å²) in [5.74, 6) is -0.663. The van der Waals surface area contributed by atoms with Gasteiger partial charge < -0.3 is 10.2 Å². The van der Waals surface area contributed by atoms with Crippen LogP contribution in [0.25, 0.3) is 6.08 Å². The van der Waals surface area contributed by atoms with Crippen LogP contribution < -0.4 is 10.2 Å². The Labute approximate surface area is 143 Å². The standard InChI is InChI=1S/C19H24FN3O/c1-6-23-17-9-16(20)13(7-14(11-21)18(24)22-5)8-15(17)12(2)10-19(23,3)4/h7-9,12H,6,10H2,1-5H3,(H,22,24)/b14-7+. The minimum atomic E-state index is -0.515. The number of carbonyl (C=O) groups excluding carboxylic acids is 1. The Morgan fingerprint density at radius 2 is 2.21 bits per heavy atom. The van der Waals surface area contributed by atoms with Crippen molar-refractivity contribution in [1.82, 2.24) is 5.32 Å². The van der Waals surface area contributed by atoms with Crippen LogP contribution >= 0.6 is 0 Å². The van der Waals surface area contributed by atoms with Crippen LogP contribution in [-0.2, 0) is 4.79 Å². The van der Waals surface area contributed by atoms with Gasteiger partial charge in [-0.1, -0.05) is 6.92 Å². The zero-order valence-corrected chi connectivity index (χ0v) is 14.9. The van der Waals surface area contributed by atoms with Crippen molar-refractivity contribution < 1.29 is 9.18 Å². The van der Waals surface area contributed by atoms with E-state index in [-0.39, 0.29) is 22.6 Å². The molecule has 2 rings (SSSR count). The van der Waals surface area contributed by atoms with Gasteiger partial charge in [-0.3, -0.25) is 4.79 Å². The van der Waals surface area contributed by atoms with Gasteiger partial charge in [0.1, 0.15) is 17.5 Å². The van der Waals surface area contributed by atoms with Crippen molar-refractivity contribution >= 4 is 17.7 Å². The number of carbonyl (C=O) groups is 1. The second-order valence-electron chi connectivity index (χ2n) is 6.84. The van der Waals surface area contributed by atoms with Gasteiger partial charge in [0.15, 0.2) is 0 Å². The van der Waals surface area contributed by atoms with Crippen LogP contribution in [0, 0.1) is 17.1 Å². The van der Waals surface area contributed by atoms with Crippen molar-refractivity contribution in [1.29, 1.82) is 5.26 Å². The van der Waals surface area contributed by atoms with Crippen molar-refractivity contribution in [3.8, 4) is 6.07 Å². The smallest absolute Gasteiger partial charge is 0.261 e. The number of amides is 1. The van der Waals surface area contributed by atoms with Gasteiger partial charge in [0.05, 0.1) is 0 Å². The highest BCUT2D eigenvalue weighted by molar-refractivity contribution is 6.01. The first-order chi connectivity index (χ1) is 11.2. The highest BCUT2D eigenvalue weighted by Crippen LogP contribution is 2.44. The minimum absolute atomic E-state index is 0.0368. The number of benzene rings is 1. The normalized spacial score (nSPS) is 19.5. The highest BCUT2D eigenvalue weighted by atomic mass is 19.1. The molecule has 1 aliphatic rings. The van der Waals surface area contributed by atoms with E-state index >= 15 is 0 Å². The van der Waals surface area contributed by atoms with Gasteiger partial charge in [0.25, 0.3) is 5.91 Å². The Bertz CT molecular complexity index is 731. The molecule has 0 saturated carbocycles. The summed E-state index contributed by atoms with van der Waals surface area (Å²) in [4.78, 5) is 13.9. The number of fused-ring (bicyclic) bond motifs is 1. The summed E-state index contributed by atoms with van der Waals surface area (Å²) >= 11 is 0. The fourth-order valence-electron chi connectivity index (χ4n) is 3.67. The highest BCUT2D eigenvalue weighted by Gasteiger charge is 2.36. The number of hydrogen-bond acceptors (Lipinski definition) is 3. The molecule has 1 aromatic carbocycles. The Hall–Kier alpha value is -2.35. The molecule has 1 aliphatic heterocycles. The van der Waals surface area contributed by atoms with E-state index in [1.165, 1.54) is 19.2 Å². The van der Waals surface area contributed by atoms with Crippen LogP contribution in [0.5, 0.6) is 0 Å². The molecule has 1 N–H and O–H groups in total. The lowest BCUT2D eigenvalue weighted by atomic mass is 9.79. The first kappa shape index (κ1) is 18.0. The molecule has 1 atom stereocenters. The predicted octanol–water partition coefficient (Wildman–Crippen LogP) is 3.59. The van der Waals surface area contributed by atoms with Crippen molar-refractivity contribution in [3.05, 3.63) is 34.6 Å². The number of anilines is 1. The molecular formula is C19H24FN3O. The molecule has 0 bridgehead atoms. The number of halogens is 1. The molecule has 0 aliphatic carbocycles. The molecule has 0 fully saturated rings. The fourth-order valence-corrected chi connectivity index (χ4v) is 3.67. The molecule has 0 spiro atoms. The number of nitrogens with one attached hydrogen (secondary N) is 1. The molecule has 5 heteroatoms. The second kappa shape index (κ2) is 6.64. The predicted molar refractivity (Wildman–Crippen MR) is 94.2 cm³/mol. The zero-order valence-electron chi connectivity index (χ0n) is 14.9. The monoisotopic (exact) mass is 329 g/mol. The van der Waals surface area contributed by atoms with Crippen LogP contribution in [0.3, 0.4) is 0 Å². The maximum Gasteiger partial charge on any atom is 0.261 e. The third-order valence-corrected chi connectivity index (χ3v) is 4.71. The lowest BCUT2D eigenvalue weighted by molar-refractivity contribution is -0.116. The van der Waals surface area contributed by atoms with Crippen LogP contribution in [0.15, 0.2) is 17.7 Å². The first-order valence-corrected chi connectivity index (χ1v) is 8.20. The first-order valence-electron chi connectivity index (χ1n) is 8.20. The van der Waals surface area contributed by atoms with E-state index < -0.39 is 11.7 Å². The van der Waals surface area contributed by atoms with E-state index in [1.807, 2.05) is 6.07 Å². The zero-order chi connectivity index (χ0) is 18.1. The van der Waals surface area contributed by atoms with Crippen molar-refractivity contribution in [2.45, 2.75) is 45.6 Å². The van der Waals surface area contributed by atoms with Gasteiger partial charge in [0, 0.05) is 30.4 Å². The number of likely N-dealkylation sites (N-methyl/N-ethyl adjacent to an activating group) is 1. The Kier molecular flexibility index (Phi) is 4.98. The summed E-state index contributed by atoms with van der Waals surface area (Å²) in [6, 6.07) is 5.12. The average molecular weight is 329 g/mol. The maximum absolute atomic E-state index is 14.6. The van der Waals surface area contributed by atoms with Crippen LogP contribution in [0.2, 0.25) is 0 Å². The van der Waals surface area contributed by atoms with E-state index in [4.69, 9.17) is 5.26 Å². The molecule has 1 aromatic rings. The van der Waals surface area contributed by atoms with Gasteiger partial charge in [-0.2, -0.15) is 5.26 Å². The average Bonchev–Trinajstić information content (AvgIpc) is 2.52. The molecule has 128 valence electrons. The Morgan fingerprint density at radius 1 is 1.54 bits per heavy atom. The molecule has 0 radical (unpaired) electrons. The Balaban J connectivity index is 2.59. The summed E-state index contributed by atoms with van der Waals surface area (Å²) in [7, 11) is 1.44. The van der Waals surface area contributed by atoms with E-state index in [0.29, 0.717) is 0 Å². The van der Waals surface area contributed by atoms with Gasteiger partial charge in [-0.15, -0.1) is 0 Å². The number of hydrogen-bond donors (Lipinski definition) is 1. The lowest BCUT2D eigenvalue weighted by Gasteiger charge is -2.47. The summed E-state index contributed by atoms with van der Waals surface area (Å²) in [6.07, 6.45) is 2.28. The maximum atomic E-state index is 14.6. The fraction of sp³-hybridized carbons (Fsp3) is 0.474. The van der Waals surface area contributed by atoms with Crippen molar-refractivity contribution in [3.63, 3.8) is 0 Å². The van der Waals surface area contributed by atoms with Crippen LogP contribution in [0.4, 0.5) is 10.1 Å². The van der Waals surface area contributed by atoms with E-state index in [1.54, 1.807) is 6.07 Å². The van der Waals surface area contributed by atoms with Gasteiger partial charge in [-0.05, 0) is 56.9 Å². The van der Waals surface area contributed by atoms with Gasteiger partial charge in [0.2, 0.25) is 0 Å². The summed E-state index contributed by atoms with van der Waals surface area (Å²) in [5.41, 5.74) is 2.08.